The van der Waals surface area contributed by atoms with E-state index in [9.17, 15) is 26.2 Å². The molecule has 0 aliphatic heterocycles. The molecule has 1 unspecified atom stereocenters. The second kappa shape index (κ2) is 6.67. The van der Waals surface area contributed by atoms with Crippen LogP contribution in [0.2, 0.25) is 0 Å². The second-order valence-electron chi connectivity index (χ2n) is 3.42. The van der Waals surface area contributed by atoms with Crippen molar-refractivity contribution in [1.82, 2.24) is 0 Å². The average Bonchev–Trinajstić information content (AvgIpc) is 2.36. The van der Waals surface area contributed by atoms with Gasteiger partial charge in [-0.25, -0.2) is 4.18 Å². The third-order valence-electron chi connectivity index (χ3n) is 2.13. The fourth-order valence-electron chi connectivity index (χ4n) is 1.24. The van der Waals surface area contributed by atoms with Crippen molar-refractivity contribution in [2.75, 3.05) is 13.9 Å². The van der Waals surface area contributed by atoms with Gasteiger partial charge in [0.25, 0.3) is 0 Å². The maximum absolute atomic E-state index is 12.5. The quantitative estimate of drug-likeness (QED) is 0.477. The van der Waals surface area contributed by atoms with Gasteiger partial charge in [-0.1, -0.05) is 4.52 Å². The van der Waals surface area contributed by atoms with Crippen LogP contribution in [0.15, 0.2) is 23.1 Å². The molecule has 0 spiro atoms. The summed E-state index contributed by atoms with van der Waals surface area (Å²) in [6, 6.07) is 1.67. The molecule has 0 bridgehead atoms. The van der Waals surface area contributed by atoms with Crippen molar-refractivity contribution in [2.24, 2.45) is 0 Å². The van der Waals surface area contributed by atoms with E-state index in [2.05, 4.69) is 13.4 Å². The fourth-order valence-corrected chi connectivity index (χ4v) is 2.38. The third-order valence-corrected chi connectivity index (χ3v) is 3.74. The van der Waals surface area contributed by atoms with Gasteiger partial charge >= 0.3 is 24.5 Å². The molecule has 0 aromatic heterocycles. The minimum Gasteiger partial charge on any atom is -0.495 e. The summed E-state index contributed by atoms with van der Waals surface area (Å²) < 4.78 is 84.0. The summed E-state index contributed by atoms with van der Waals surface area (Å²) in [6.45, 7) is -1.07. The zero-order valence-electron chi connectivity index (χ0n) is 10.3. The summed E-state index contributed by atoms with van der Waals surface area (Å²) >= 11 is 0. The minimum atomic E-state index is -4.67. The van der Waals surface area contributed by atoms with Crippen molar-refractivity contribution >= 4 is 18.4 Å². The van der Waals surface area contributed by atoms with Crippen molar-refractivity contribution in [3.8, 4) is 5.75 Å². The Morgan fingerprint density at radius 2 is 1.95 bits per heavy atom. The highest BCUT2D eigenvalue weighted by Crippen LogP contribution is 2.35. The third kappa shape index (κ3) is 4.90. The van der Waals surface area contributed by atoms with Crippen molar-refractivity contribution in [2.45, 2.75) is 11.1 Å². The monoisotopic (exact) mass is 349 g/mol. The molecular weight excluding hydrogens is 340 g/mol. The van der Waals surface area contributed by atoms with E-state index in [4.69, 9.17) is 4.89 Å². The normalized spacial score (nSPS) is 13.1. The molecule has 0 aliphatic rings. The summed E-state index contributed by atoms with van der Waals surface area (Å²) in [4.78, 5) is 7.64. The van der Waals surface area contributed by atoms with E-state index >= 15 is 0 Å². The largest absolute Gasteiger partial charge is 0.697 e. The van der Waals surface area contributed by atoms with Crippen LogP contribution in [0.1, 0.15) is 5.56 Å². The first-order chi connectivity index (χ1) is 9.58. The van der Waals surface area contributed by atoms with Gasteiger partial charge in [0.2, 0.25) is 6.79 Å². The number of hydrogen-bond acceptors (Lipinski definition) is 6. The molecule has 0 amide bonds. The molecule has 1 rings (SSSR count). The lowest BCUT2D eigenvalue weighted by Gasteiger charge is -2.12. The van der Waals surface area contributed by atoms with Crippen LogP contribution in [-0.4, -0.2) is 27.2 Å². The Kier molecular flexibility index (Phi) is 5.65. The molecule has 0 saturated heterocycles. The van der Waals surface area contributed by atoms with Gasteiger partial charge in [0.15, 0.2) is 0 Å². The van der Waals surface area contributed by atoms with Crippen LogP contribution in [0.25, 0.3) is 0 Å². The Morgan fingerprint density at radius 3 is 2.43 bits per heavy atom. The zero-order valence-corrected chi connectivity index (χ0v) is 12.0. The molecule has 12 heteroatoms. The van der Waals surface area contributed by atoms with Crippen LogP contribution in [0, 0.1) is 0 Å². The first-order valence-electron chi connectivity index (χ1n) is 5.01. The molecule has 0 aliphatic carbocycles. The average molecular weight is 349 g/mol. The standard InChI is InChI=1S/C9H8F3O7PS/c1-17-7-4-6(9(10,11)12)2-3-8(7)21(15,16)19-5-18-20(13)14/h2-4H,5H2,1H3/p+1. The van der Waals surface area contributed by atoms with Gasteiger partial charge in [0.1, 0.15) is 10.6 Å². The highest BCUT2D eigenvalue weighted by Gasteiger charge is 2.33. The van der Waals surface area contributed by atoms with E-state index in [0.717, 1.165) is 7.11 Å². The number of halogens is 3. The minimum absolute atomic E-state index is 0.490. The molecule has 1 aromatic carbocycles. The lowest BCUT2D eigenvalue weighted by molar-refractivity contribution is -0.137. The van der Waals surface area contributed by atoms with Gasteiger partial charge in [-0.05, 0) is 18.2 Å². The molecule has 7 nitrogen and oxygen atoms in total. The van der Waals surface area contributed by atoms with E-state index in [1.165, 1.54) is 0 Å². The Balaban J connectivity index is 3.09. The fraction of sp³-hybridized carbons (Fsp3) is 0.333. The van der Waals surface area contributed by atoms with Crippen molar-refractivity contribution < 1.29 is 44.5 Å². The lowest BCUT2D eigenvalue weighted by Crippen LogP contribution is -2.11. The highest BCUT2D eigenvalue weighted by molar-refractivity contribution is 7.86. The summed E-state index contributed by atoms with van der Waals surface area (Å²) in [6.07, 6.45) is -4.67. The zero-order chi connectivity index (χ0) is 16.3. The van der Waals surface area contributed by atoms with Crippen LogP contribution in [0.3, 0.4) is 0 Å². The van der Waals surface area contributed by atoms with Gasteiger partial charge in [0.05, 0.1) is 12.7 Å². The van der Waals surface area contributed by atoms with Crippen molar-refractivity contribution in [3.05, 3.63) is 23.8 Å². The summed E-state index contributed by atoms with van der Waals surface area (Å²) in [5.41, 5.74) is -1.10. The molecule has 1 aromatic rings. The Hall–Kier alpha value is -1.26. The van der Waals surface area contributed by atoms with Crippen LogP contribution in [-0.2, 0) is 29.6 Å². The summed E-state index contributed by atoms with van der Waals surface area (Å²) in [5.74, 6) is -0.585. The Bertz CT molecular complexity index is 629. The van der Waals surface area contributed by atoms with Crippen LogP contribution < -0.4 is 4.74 Å². The lowest BCUT2D eigenvalue weighted by atomic mass is 10.2. The van der Waals surface area contributed by atoms with E-state index in [1.54, 1.807) is 0 Å². The molecule has 0 radical (unpaired) electrons. The van der Waals surface area contributed by atoms with Crippen molar-refractivity contribution in [1.29, 1.82) is 0 Å². The number of alkyl halides is 3. The smallest absolute Gasteiger partial charge is 0.495 e. The first kappa shape index (κ1) is 17.8. The highest BCUT2D eigenvalue weighted by atomic mass is 32.2. The van der Waals surface area contributed by atoms with E-state index < -0.39 is 47.6 Å². The van der Waals surface area contributed by atoms with Gasteiger partial charge in [-0.2, -0.15) is 21.6 Å². The number of benzene rings is 1. The molecule has 118 valence electrons. The number of methoxy groups -OCH3 is 1. The molecule has 0 heterocycles. The first-order valence-corrected chi connectivity index (χ1v) is 7.55. The number of rotatable bonds is 6. The van der Waals surface area contributed by atoms with E-state index in [0.29, 0.717) is 18.2 Å². The topological polar surface area (TPSA) is 99.1 Å². The second-order valence-corrected chi connectivity index (χ2v) is 5.74. The Morgan fingerprint density at radius 1 is 1.33 bits per heavy atom. The molecule has 1 N–H and O–H groups in total. The van der Waals surface area contributed by atoms with Gasteiger partial charge in [-0.15, -0.1) is 4.89 Å². The molecule has 1 atom stereocenters. The summed E-state index contributed by atoms with van der Waals surface area (Å²) in [5, 5.41) is 0. The SMILES string of the molecule is COc1cc(C(F)(F)F)ccc1S(=O)(=O)OCO[P+](=O)O. The van der Waals surface area contributed by atoms with Crippen molar-refractivity contribution in [3.63, 3.8) is 0 Å². The predicted molar refractivity (Wildman–Crippen MR) is 62.0 cm³/mol. The Labute approximate surface area is 118 Å². The maximum atomic E-state index is 12.5. The van der Waals surface area contributed by atoms with Crippen LogP contribution in [0.5, 0.6) is 5.75 Å². The molecule has 0 saturated carbocycles. The molecule has 0 fully saturated rings. The number of hydrogen-bond donors (Lipinski definition) is 1. The molecule has 21 heavy (non-hydrogen) atoms. The van der Waals surface area contributed by atoms with Gasteiger partial charge in [0, 0.05) is 4.57 Å². The van der Waals surface area contributed by atoms with Gasteiger partial charge < -0.3 is 4.74 Å². The molecular formula is C9H9F3O7PS+. The number of ether oxygens (including phenoxy) is 1. The van der Waals surface area contributed by atoms with Crippen LogP contribution >= 0.6 is 8.25 Å². The summed E-state index contributed by atoms with van der Waals surface area (Å²) in [7, 11) is -6.61. The van der Waals surface area contributed by atoms with Crippen LogP contribution in [0.4, 0.5) is 13.2 Å². The predicted octanol–water partition coefficient (Wildman–Crippen LogP) is 2.04. The maximum Gasteiger partial charge on any atom is 0.697 e. The van der Waals surface area contributed by atoms with Gasteiger partial charge in [-0.3, -0.25) is 0 Å². The van der Waals surface area contributed by atoms with E-state index in [1.807, 2.05) is 0 Å². The van der Waals surface area contributed by atoms with E-state index in [-0.39, 0.29) is 0 Å².